The number of amides is 1. The van der Waals surface area contributed by atoms with Crippen molar-refractivity contribution in [3.8, 4) is 0 Å². The van der Waals surface area contributed by atoms with E-state index in [2.05, 4.69) is 0 Å². The third-order valence-corrected chi connectivity index (χ3v) is 4.53. The van der Waals surface area contributed by atoms with Gasteiger partial charge in [0.1, 0.15) is 6.04 Å². The molecule has 4 nitrogen and oxygen atoms in total. The molecular formula is C19H27NO3. The maximum absolute atomic E-state index is 13.0. The summed E-state index contributed by atoms with van der Waals surface area (Å²) in [6, 6.07) is 9.27. The molecule has 1 aromatic carbocycles. The zero-order valence-corrected chi connectivity index (χ0v) is 14.2. The van der Waals surface area contributed by atoms with E-state index in [-0.39, 0.29) is 17.8 Å². The zero-order chi connectivity index (χ0) is 16.7. The van der Waals surface area contributed by atoms with Gasteiger partial charge in [0.05, 0.1) is 6.61 Å². The Kier molecular flexibility index (Phi) is 6.63. The Morgan fingerprint density at radius 2 is 1.83 bits per heavy atom. The maximum Gasteiger partial charge on any atom is 0.328 e. The quantitative estimate of drug-likeness (QED) is 0.754. The van der Waals surface area contributed by atoms with E-state index in [0.29, 0.717) is 13.2 Å². The highest BCUT2D eigenvalue weighted by Crippen LogP contribution is 2.27. The Labute approximate surface area is 138 Å². The number of ether oxygens (including phenoxy) is 1. The average Bonchev–Trinajstić information content (AvgIpc) is 2.60. The summed E-state index contributed by atoms with van der Waals surface area (Å²) in [6.45, 7) is 4.34. The van der Waals surface area contributed by atoms with Crippen molar-refractivity contribution < 1.29 is 14.3 Å². The second-order valence-corrected chi connectivity index (χ2v) is 6.21. The molecule has 0 aromatic heterocycles. The topological polar surface area (TPSA) is 46.6 Å². The minimum absolute atomic E-state index is 0.0457. The minimum Gasteiger partial charge on any atom is -0.464 e. The minimum atomic E-state index is -0.551. The Balaban J connectivity index is 2.15. The first-order chi connectivity index (χ1) is 11.1. The summed E-state index contributed by atoms with van der Waals surface area (Å²) in [5.74, 6) is -0.189. The molecule has 126 valence electrons. The normalized spacial score (nSPS) is 16.6. The van der Waals surface area contributed by atoms with Gasteiger partial charge in [-0.1, -0.05) is 49.6 Å². The molecule has 0 bridgehead atoms. The van der Waals surface area contributed by atoms with Gasteiger partial charge in [0.2, 0.25) is 5.91 Å². The van der Waals surface area contributed by atoms with Crippen LogP contribution in [0.2, 0.25) is 0 Å². The summed E-state index contributed by atoms with van der Waals surface area (Å²) >= 11 is 0. The molecule has 0 heterocycles. The predicted molar refractivity (Wildman–Crippen MR) is 89.7 cm³/mol. The number of carbonyl (C=O) groups excluding carboxylic acids is 2. The van der Waals surface area contributed by atoms with Crippen molar-refractivity contribution in [2.75, 3.05) is 6.61 Å². The van der Waals surface area contributed by atoms with Crippen molar-refractivity contribution in [2.45, 2.75) is 58.5 Å². The van der Waals surface area contributed by atoms with Crippen LogP contribution in [-0.2, 0) is 20.9 Å². The molecule has 23 heavy (non-hydrogen) atoms. The number of benzene rings is 1. The number of nitrogens with zero attached hydrogens (tertiary/aromatic N) is 1. The first-order valence-corrected chi connectivity index (χ1v) is 8.64. The lowest BCUT2D eigenvalue weighted by atomic mass is 9.88. The molecule has 0 N–H and O–H groups in total. The van der Waals surface area contributed by atoms with Crippen LogP contribution in [0.3, 0.4) is 0 Å². The van der Waals surface area contributed by atoms with Crippen molar-refractivity contribution in [2.24, 2.45) is 5.92 Å². The summed E-state index contributed by atoms with van der Waals surface area (Å²) in [6.07, 6.45) is 5.27. The van der Waals surface area contributed by atoms with Crippen LogP contribution < -0.4 is 0 Å². The number of hydrogen-bond donors (Lipinski definition) is 0. The molecule has 1 saturated carbocycles. The fourth-order valence-electron chi connectivity index (χ4n) is 3.16. The highest BCUT2D eigenvalue weighted by molar-refractivity contribution is 5.85. The molecule has 0 radical (unpaired) electrons. The lowest BCUT2D eigenvalue weighted by Gasteiger charge is -2.32. The standard InChI is InChI=1S/C19H27NO3/c1-3-23-19(22)15(2)20(14-16-10-6-4-7-11-16)18(21)17-12-8-5-9-13-17/h4,6-7,10-11,15,17H,3,5,8-9,12-14H2,1-2H3. The van der Waals surface area contributed by atoms with Crippen LogP contribution in [0.25, 0.3) is 0 Å². The van der Waals surface area contributed by atoms with Crippen molar-refractivity contribution in [3.63, 3.8) is 0 Å². The molecule has 0 spiro atoms. The summed E-state index contributed by atoms with van der Waals surface area (Å²) in [7, 11) is 0. The number of esters is 1. The van der Waals surface area contributed by atoms with Crippen LogP contribution in [0.15, 0.2) is 30.3 Å². The van der Waals surface area contributed by atoms with Crippen LogP contribution in [0.4, 0.5) is 0 Å². The van der Waals surface area contributed by atoms with Gasteiger partial charge in [0.25, 0.3) is 0 Å². The third-order valence-electron chi connectivity index (χ3n) is 4.53. The molecule has 1 atom stereocenters. The molecule has 1 aromatic rings. The maximum atomic E-state index is 13.0. The van der Waals surface area contributed by atoms with Gasteiger partial charge in [-0.25, -0.2) is 4.79 Å². The van der Waals surface area contributed by atoms with E-state index in [4.69, 9.17) is 4.74 Å². The molecular weight excluding hydrogens is 290 g/mol. The Morgan fingerprint density at radius 3 is 2.43 bits per heavy atom. The van der Waals surface area contributed by atoms with Crippen molar-refractivity contribution in [1.29, 1.82) is 0 Å². The first-order valence-electron chi connectivity index (χ1n) is 8.64. The van der Waals surface area contributed by atoms with E-state index in [1.807, 2.05) is 30.3 Å². The van der Waals surface area contributed by atoms with E-state index in [1.165, 1.54) is 6.42 Å². The van der Waals surface area contributed by atoms with Gasteiger partial charge in [-0.3, -0.25) is 4.79 Å². The van der Waals surface area contributed by atoms with E-state index in [1.54, 1.807) is 18.7 Å². The third kappa shape index (κ3) is 4.81. The van der Waals surface area contributed by atoms with Crippen LogP contribution in [0.5, 0.6) is 0 Å². The molecule has 1 unspecified atom stereocenters. The SMILES string of the molecule is CCOC(=O)C(C)N(Cc1ccccc1)C(=O)C1CCCCC1. The smallest absolute Gasteiger partial charge is 0.328 e. The van der Waals surface area contributed by atoms with Gasteiger partial charge in [-0.05, 0) is 32.3 Å². The van der Waals surface area contributed by atoms with Gasteiger partial charge >= 0.3 is 5.97 Å². The van der Waals surface area contributed by atoms with Crippen molar-refractivity contribution >= 4 is 11.9 Å². The van der Waals surface area contributed by atoms with Crippen LogP contribution in [-0.4, -0.2) is 29.4 Å². The number of carbonyl (C=O) groups is 2. The highest BCUT2D eigenvalue weighted by atomic mass is 16.5. The predicted octanol–water partition coefficient (Wildman–Crippen LogP) is 3.55. The summed E-state index contributed by atoms with van der Waals surface area (Å²) in [5.41, 5.74) is 1.04. The molecule has 0 saturated heterocycles. The average molecular weight is 317 g/mol. The Morgan fingerprint density at radius 1 is 1.17 bits per heavy atom. The fraction of sp³-hybridized carbons (Fsp3) is 0.579. The summed E-state index contributed by atoms with van der Waals surface area (Å²) < 4.78 is 5.13. The molecule has 1 amide bonds. The fourth-order valence-corrected chi connectivity index (χ4v) is 3.16. The Hall–Kier alpha value is -1.84. The van der Waals surface area contributed by atoms with Gasteiger partial charge in [-0.15, -0.1) is 0 Å². The van der Waals surface area contributed by atoms with Gasteiger partial charge in [-0.2, -0.15) is 0 Å². The highest BCUT2D eigenvalue weighted by Gasteiger charge is 2.32. The number of hydrogen-bond acceptors (Lipinski definition) is 3. The van der Waals surface area contributed by atoms with Crippen LogP contribution in [0.1, 0.15) is 51.5 Å². The molecule has 1 aliphatic rings. The van der Waals surface area contributed by atoms with Gasteiger partial charge in [0, 0.05) is 12.5 Å². The van der Waals surface area contributed by atoms with E-state index >= 15 is 0 Å². The summed E-state index contributed by atoms with van der Waals surface area (Å²) in [5, 5.41) is 0. The molecule has 2 rings (SSSR count). The first kappa shape index (κ1) is 17.5. The second-order valence-electron chi connectivity index (χ2n) is 6.21. The van der Waals surface area contributed by atoms with E-state index in [0.717, 1.165) is 31.2 Å². The van der Waals surface area contributed by atoms with Gasteiger partial charge in [0.15, 0.2) is 0 Å². The molecule has 0 aliphatic heterocycles. The molecule has 4 heteroatoms. The van der Waals surface area contributed by atoms with E-state index < -0.39 is 6.04 Å². The lowest BCUT2D eigenvalue weighted by molar-refractivity contribution is -0.156. The van der Waals surface area contributed by atoms with E-state index in [9.17, 15) is 9.59 Å². The lowest BCUT2D eigenvalue weighted by Crippen LogP contribution is -2.46. The van der Waals surface area contributed by atoms with Crippen molar-refractivity contribution in [1.82, 2.24) is 4.90 Å². The zero-order valence-electron chi connectivity index (χ0n) is 14.2. The number of rotatable bonds is 6. The second kappa shape index (κ2) is 8.70. The summed E-state index contributed by atoms with van der Waals surface area (Å²) in [4.78, 5) is 26.8. The van der Waals surface area contributed by atoms with Crippen LogP contribution >= 0.6 is 0 Å². The molecule has 1 fully saturated rings. The van der Waals surface area contributed by atoms with Crippen LogP contribution in [0, 0.1) is 5.92 Å². The molecule has 1 aliphatic carbocycles. The Bertz CT molecular complexity index is 509. The van der Waals surface area contributed by atoms with Crippen molar-refractivity contribution in [3.05, 3.63) is 35.9 Å². The monoisotopic (exact) mass is 317 g/mol. The van der Waals surface area contributed by atoms with Gasteiger partial charge < -0.3 is 9.64 Å². The largest absolute Gasteiger partial charge is 0.464 e.